The molecule has 6 N–H and O–H groups in total. The minimum atomic E-state index is -1.09. The molecule has 0 aliphatic carbocycles. The highest BCUT2D eigenvalue weighted by molar-refractivity contribution is 7.99. The Morgan fingerprint density at radius 3 is 2.68 bits per heavy atom. The lowest BCUT2D eigenvalue weighted by Gasteiger charge is -2.06. The van der Waals surface area contributed by atoms with Crippen LogP contribution in [-0.2, 0) is 0 Å². The third-order valence-corrected chi connectivity index (χ3v) is 3.13. The van der Waals surface area contributed by atoms with E-state index in [1.807, 2.05) is 0 Å². The van der Waals surface area contributed by atoms with Crippen molar-refractivity contribution in [3.8, 4) is 0 Å². The zero-order chi connectivity index (χ0) is 14.0. The zero-order valence-corrected chi connectivity index (χ0v) is 10.4. The molecular formula is C11H10N4O3S. The number of benzene rings is 1. The summed E-state index contributed by atoms with van der Waals surface area (Å²) in [6.07, 6.45) is 0. The van der Waals surface area contributed by atoms with Gasteiger partial charge in [-0.1, -0.05) is 11.8 Å². The molecule has 7 nitrogen and oxygen atoms in total. The van der Waals surface area contributed by atoms with Crippen molar-refractivity contribution in [2.45, 2.75) is 10.1 Å². The van der Waals surface area contributed by atoms with Crippen molar-refractivity contribution < 1.29 is 9.90 Å². The molecule has 8 heteroatoms. The number of rotatable bonds is 3. The first-order valence-corrected chi connectivity index (χ1v) is 5.95. The summed E-state index contributed by atoms with van der Waals surface area (Å²) < 4.78 is 0. The Hall–Kier alpha value is -2.48. The molecule has 0 radical (unpaired) electrons. The maximum absolute atomic E-state index is 11.3. The molecule has 19 heavy (non-hydrogen) atoms. The number of anilines is 2. The minimum absolute atomic E-state index is 0.0621. The summed E-state index contributed by atoms with van der Waals surface area (Å²) in [6, 6.07) is 5.52. The maximum atomic E-state index is 11.3. The van der Waals surface area contributed by atoms with E-state index in [1.165, 1.54) is 18.2 Å². The summed E-state index contributed by atoms with van der Waals surface area (Å²) in [5, 5.41) is 9.28. The van der Waals surface area contributed by atoms with E-state index in [1.54, 1.807) is 0 Å². The van der Waals surface area contributed by atoms with E-state index in [2.05, 4.69) is 9.97 Å². The minimum Gasteiger partial charge on any atom is -0.478 e. The number of nitrogens with two attached hydrogens (primary N) is 2. The van der Waals surface area contributed by atoms with Crippen molar-refractivity contribution in [3.05, 3.63) is 40.2 Å². The number of H-pyrrole nitrogens is 1. The van der Waals surface area contributed by atoms with Crippen LogP contribution in [0.4, 0.5) is 11.5 Å². The van der Waals surface area contributed by atoms with Crippen LogP contribution in [0.15, 0.2) is 39.1 Å². The van der Waals surface area contributed by atoms with Gasteiger partial charge in [-0.2, -0.15) is 0 Å². The zero-order valence-electron chi connectivity index (χ0n) is 9.58. The molecule has 1 aromatic carbocycles. The van der Waals surface area contributed by atoms with E-state index in [0.717, 1.165) is 17.8 Å². The summed E-state index contributed by atoms with van der Waals surface area (Å²) in [5.74, 6) is -1.03. The van der Waals surface area contributed by atoms with Gasteiger partial charge >= 0.3 is 5.97 Å². The highest BCUT2D eigenvalue weighted by atomic mass is 32.2. The van der Waals surface area contributed by atoms with Crippen molar-refractivity contribution in [1.82, 2.24) is 9.97 Å². The van der Waals surface area contributed by atoms with Crippen LogP contribution in [0.2, 0.25) is 0 Å². The molecule has 0 aliphatic heterocycles. The van der Waals surface area contributed by atoms with Gasteiger partial charge in [0.15, 0.2) is 5.16 Å². The highest BCUT2D eigenvalue weighted by Gasteiger charge is 2.13. The second-order valence-electron chi connectivity index (χ2n) is 3.64. The molecule has 2 rings (SSSR count). The first-order valence-electron chi connectivity index (χ1n) is 5.13. The van der Waals surface area contributed by atoms with E-state index in [-0.39, 0.29) is 16.5 Å². The number of nitrogens with zero attached hydrogens (tertiary/aromatic N) is 1. The van der Waals surface area contributed by atoms with Gasteiger partial charge in [-0.05, 0) is 18.2 Å². The highest BCUT2D eigenvalue weighted by Crippen LogP contribution is 2.29. The molecule has 98 valence electrons. The van der Waals surface area contributed by atoms with Gasteiger partial charge in [0.25, 0.3) is 5.56 Å². The van der Waals surface area contributed by atoms with E-state index in [4.69, 9.17) is 16.6 Å². The Balaban J connectivity index is 2.45. The molecule has 0 aliphatic rings. The quantitative estimate of drug-likeness (QED) is 0.481. The van der Waals surface area contributed by atoms with Crippen LogP contribution in [0.5, 0.6) is 0 Å². The molecule has 0 fully saturated rings. The third kappa shape index (κ3) is 3.05. The van der Waals surface area contributed by atoms with Gasteiger partial charge in [0.1, 0.15) is 5.82 Å². The van der Waals surface area contributed by atoms with Crippen LogP contribution < -0.4 is 17.0 Å². The number of aromatic amines is 1. The van der Waals surface area contributed by atoms with Crippen LogP contribution >= 0.6 is 11.8 Å². The van der Waals surface area contributed by atoms with E-state index < -0.39 is 11.5 Å². The molecule has 0 spiro atoms. The summed E-state index contributed by atoms with van der Waals surface area (Å²) in [4.78, 5) is 29.1. The Morgan fingerprint density at radius 1 is 1.32 bits per heavy atom. The Morgan fingerprint density at radius 2 is 2.05 bits per heavy atom. The van der Waals surface area contributed by atoms with Gasteiger partial charge in [-0.15, -0.1) is 0 Å². The molecule has 0 amide bonds. The number of aromatic carboxylic acids is 1. The number of hydrogen-bond donors (Lipinski definition) is 4. The molecule has 0 saturated heterocycles. The van der Waals surface area contributed by atoms with Gasteiger partial charge in [-0.25, -0.2) is 9.78 Å². The fourth-order valence-electron chi connectivity index (χ4n) is 1.41. The summed E-state index contributed by atoms with van der Waals surface area (Å²) >= 11 is 0.978. The molecule has 1 heterocycles. The fraction of sp³-hybridized carbons (Fsp3) is 0. The molecular weight excluding hydrogens is 268 g/mol. The Bertz CT molecular complexity index is 699. The van der Waals surface area contributed by atoms with Gasteiger partial charge < -0.3 is 21.6 Å². The normalized spacial score (nSPS) is 10.3. The van der Waals surface area contributed by atoms with Crippen molar-refractivity contribution >= 4 is 29.2 Å². The van der Waals surface area contributed by atoms with E-state index >= 15 is 0 Å². The Kier molecular flexibility index (Phi) is 3.43. The smallest absolute Gasteiger partial charge is 0.336 e. The van der Waals surface area contributed by atoms with Crippen LogP contribution in [0, 0.1) is 0 Å². The van der Waals surface area contributed by atoms with Crippen LogP contribution in [0.1, 0.15) is 10.4 Å². The van der Waals surface area contributed by atoms with E-state index in [9.17, 15) is 9.59 Å². The van der Waals surface area contributed by atoms with Gasteiger partial charge in [-0.3, -0.25) is 4.79 Å². The van der Waals surface area contributed by atoms with Crippen molar-refractivity contribution in [1.29, 1.82) is 0 Å². The second-order valence-corrected chi connectivity index (χ2v) is 4.67. The number of nitrogen functional groups attached to an aromatic ring is 2. The van der Waals surface area contributed by atoms with Crippen LogP contribution in [-0.4, -0.2) is 21.0 Å². The lowest BCUT2D eigenvalue weighted by atomic mass is 10.2. The maximum Gasteiger partial charge on any atom is 0.336 e. The first-order chi connectivity index (χ1) is 8.95. The lowest BCUT2D eigenvalue weighted by molar-refractivity contribution is 0.0693. The van der Waals surface area contributed by atoms with Gasteiger partial charge in [0.2, 0.25) is 0 Å². The number of aromatic nitrogens is 2. The molecule has 0 atom stereocenters. The topological polar surface area (TPSA) is 135 Å². The predicted molar refractivity (Wildman–Crippen MR) is 71.2 cm³/mol. The largest absolute Gasteiger partial charge is 0.478 e. The van der Waals surface area contributed by atoms with Crippen LogP contribution in [0.3, 0.4) is 0 Å². The van der Waals surface area contributed by atoms with Gasteiger partial charge in [0.05, 0.1) is 5.56 Å². The molecule has 0 saturated carbocycles. The molecule has 0 unspecified atom stereocenters. The number of hydrogen-bond acceptors (Lipinski definition) is 6. The average Bonchev–Trinajstić information content (AvgIpc) is 2.26. The van der Waals surface area contributed by atoms with Crippen molar-refractivity contribution in [3.63, 3.8) is 0 Å². The molecule has 2 aromatic rings. The second kappa shape index (κ2) is 5.02. The molecule has 0 bridgehead atoms. The van der Waals surface area contributed by atoms with Gasteiger partial charge in [0, 0.05) is 16.6 Å². The van der Waals surface area contributed by atoms with Crippen molar-refractivity contribution in [2.75, 3.05) is 11.5 Å². The van der Waals surface area contributed by atoms with E-state index in [0.29, 0.717) is 10.6 Å². The predicted octanol–water partition coefficient (Wildman–Crippen LogP) is 0.784. The summed E-state index contributed by atoms with van der Waals surface area (Å²) in [6.45, 7) is 0. The van der Waals surface area contributed by atoms with Crippen LogP contribution in [0.25, 0.3) is 0 Å². The summed E-state index contributed by atoms with van der Waals surface area (Å²) in [7, 11) is 0. The number of carboxylic acid groups (broad SMARTS) is 1. The van der Waals surface area contributed by atoms with Crippen molar-refractivity contribution in [2.24, 2.45) is 0 Å². The monoisotopic (exact) mass is 278 g/mol. The number of carboxylic acids is 1. The molecule has 1 aromatic heterocycles. The fourth-order valence-corrected chi connectivity index (χ4v) is 2.38. The average molecular weight is 278 g/mol. The summed E-state index contributed by atoms with van der Waals surface area (Å²) in [5.41, 5.74) is 11.2. The lowest BCUT2D eigenvalue weighted by Crippen LogP contribution is -2.09. The number of carbonyl (C=O) groups is 1. The Labute approximate surface area is 111 Å². The first kappa shape index (κ1) is 13.0. The SMILES string of the molecule is Nc1ccc(C(=O)O)c(Sc2nc(N)cc(=O)[nH]2)c1. The number of nitrogens with one attached hydrogen (secondary N) is 1. The standard InChI is InChI=1S/C11H10N4O3S/c12-5-1-2-6(10(17)18)7(3-5)19-11-14-8(13)4-9(16)15-11/h1-4H,12H2,(H,17,18)(H3,13,14,15,16). The third-order valence-electron chi connectivity index (χ3n) is 2.18.